The van der Waals surface area contributed by atoms with Gasteiger partial charge in [0.2, 0.25) is 0 Å². The van der Waals surface area contributed by atoms with Crippen molar-refractivity contribution in [3.8, 4) is 0 Å². The minimum atomic E-state index is -0.219. The molecule has 0 spiro atoms. The molecule has 1 aromatic carbocycles. The van der Waals surface area contributed by atoms with E-state index in [4.69, 9.17) is 4.42 Å². The number of hydrogen-bond acceptors (Lipinski definition) is 4. The van der Waals surface area contributed by atoms with Crippen LogP contribution in [0.4, 0.5) is 4.39 Å². The van der Waals surface area contributed by atoms with Gasteiger partial charge in [-0.05, 0) is 63.9 Å². The third kappa shape index (κ3) is 4.76. The van der Waals surface area contributed by atoms with Crippen LogP contribution in [0, 0.1) is 12.7 Å². The molecule has 1 N–H and O–H groups in total. The molecule has 1 atom stereocenters. The van der Waals surface area contributed by atoms with E-state index in [1.807, 2.05) is 19.1 Å². The van der Waals surface area contributed by atoms with E-state index in [1.54, 1.807) is 0 Å². The van der Waals surface area contributed by atoms with Gasteiger partial charge in [0.25, 0.3) is 5.91 Å². The second-order valence-electron chi connectivity index (χ2n) is 8.66. The standard InChI is InChI=1S/C24H32FN3O2/c1-17(28-12-3-4-13-28)9-11-26-24(29)23-18(2)30-22-10-14-27(16-21(22)23)15-19-5-7-20(25)8-6-19/h5-8,17H,3-4,9-16H2,1-2H3,(H,26,29)/t17-/m0/s1. The van der Waals surface area contributed by atoms with Gasteiger partial charge in [-0.15, -0.1) is 0 Å². The molecular weight excluding hydrogens is 381 g/mol. The highest BCUT2D eigenvalue weighted by molar-refractivity contribution is 5.97. The summed E-state index contributed by atoms with van der Waals surface area (Å²) in [4.78, 5) is 17.8. The van der Waals surface area contributed by atoms with E-state index in [9.17, 15) is 9.18 Å². The van der Waals surface area contributed by atoms with Gasteiger partial charge in [-0.25, -0.2) is 4.39 Å². The van der Waals surface area contributed by atoms with Crippen molar-refractivity contribution in [3.05, 3.63) is 58.3 Å². The maximum absolute atomic E-state index is 13.2. The topological polar surface area (TPSA) is 48.7 Å². The lowest BCUT2D eigenvalue weighted by Crippen LogP contribution is -2.35. The zero-order valence-electron chi connectivity index (χ0n) is 18.0. The van der Waals surface area contributed by atoms with E-state index in [1.165, 1.54) is 38.1 Å². The third-order valence-electron chi connectivity index (χ3n) is 6.46. The number of furan rings is 1. The summed E-state index contributed by atoms with van der Waals surface area (Å²) < 4.78 is 19.1. The summed E-state index contributed by atoms with van der Waals surface area (Å²) in [6, 6.07) is 7.13. The summed E-state index contributed by atoms with van der Waals surface area (Å²) in [6.45, 7) is 9.43. The molecule has 3 heterocycles. The molecule has 2 aliphatic heterocycles. The van der Waals surface area contributed by atoms with Crippen LogP contribution in [0.5, 0.6) is 0 Å². The van der Waals surface area contributed by atoms with E-state index >= 15 is 0 Å². The van der Waals surface area contributed by atoms with Gasteiger partial charge < -0.3 is 14.6 Å². The second kappa shape index (κ2) is 9.31. The number of nitrogens with zero attached hydrogens (tertiary/aromatic N) is 2. The Morgan fingerprint density at radius 1 is 1.20 bits per heavy atom. The predicted molar refractivity (Wildman–Crippen MR) is 115 cm³/mol. The number of carbonyl (C=O) groups excluding carboxylic acids is 1. The lowest BCUT2D eigenvalue weighted by Gasteiger charge is -2.26. The first-order valence-corrected chi connectivity index (χ1v) is 11.1. The molecule has 1 amide bonds. The number of nitrogens with one attached hydrogen (secondary N) is 1. The molecule has 1 saturated heterocycles. The number of benzene rings is 1. The largest absolute Gasteiger partial charge is 0.465 e. The Hall–Kier alpha value is -2.18. The number of halogens is 1. The van der Waals surface area contributed by atoms with Crippen molar-refractivity contribution >= 4 is 5.91 Å². The third-order valence-corrected chi connectivity index (χ3v) is 6.46. The molecule has 2 aliphatic rings. The molecule has 5 nitrogen and oxygen atoms in total. The monoisotopic (exact) mass is 413 g/mol. The molecule has 0 aliphatic carbocycles. The van der Waals surface area contributed by atoms with Crippen molar-refractivity contribution in [2.24, 2.45) is 0 Å². The molecule has 1 fully saturated rings. The summed E-state index contributed by atoms with van der Waals surface area (Å²) in [5, 5.41) is 3.12. The molecule has 0 saturated carbocycles. The van der Waals surface area contributed by atoms with Gasteiger partial charge >= 0.3 is 0 Å². The Bertz CT molecular complexity index is 871. The van der Waals surface area contributed by atoms with Gasteiger partial charge in [0.05, 0.1) is 5.56 Å². The van der Waals surface area contributed by atoms with Gasteiger partial charge in [0.1, 0.15) is 17.3 Å². The van der Waals surface area contributed by atoms with Crippen LogP contribution in [0.1, 0.15) is 59.2 Å². The van der Waals surface area contributed by atoms with Gasteiger partial charge in [0.15, 0.2) is 0 Å². The Balaban J connectivity index is 1.37. The van der Waals surface area contributed by atoms with Crippen LogP contribution in [-0.4, -0.2) is 47.9 Å². The number of hydrogen-bond donors (Lipinski definition) is 1. The van der Waals surface area contributed by atoms with Crippen LogP contribution in [0.25, 0.3) is 0 Å². The van der Waals surface area contributed by atoms with Crippen LogP contribution in [0.3, 0.4) is 0 Å². The minimum absolute atomic E-state index is 0.0326. The number of likely N-dealkylation sites (tertiary alicyclic amines) is 1. The lowest BCUT2D eigenvalue weighted by atomic mass is 10.0. The number of rotatable bonds is 7. The molecular formula is C24H32FN3O2. The predicted octanol–water partition coefficient (Wildman–Crippen LogP) is 3.89. The van der Waals surface area contributed by atoms with E-state index in [2.05, 4.69) is 22.0 Å². The zero-order valence-corrected chi connectivity index (χ0v) is 18.0. The molecule has 4 rings (SSSR count). The molecule has 6 heteroatoms. The van der Waals surface area contributed by atoms with Gasteiger partial charge in [-0.2, -0.15) is 0 Å². The molecule has 0 bridgehead atoms. The van der Waals surface area contributed by atoms with E-state index in [-0.39, 0.29) is 11.7 Å². The Morgan fingerprint density at radius 3 is 2.67 bits per heavy atom. The van der Waals surface area contributed by atoms with E-state index in [0.717, 1.165) is 42.8 Å². The van der Waals surface area contributed by atoms with Gasteiger partial charge in [-0.1, -0.05) is 12.1 Å². The Labute approximate surface area is 178 Å². The van der Waals surface area contributed by atoms with Gasteiger partial charge in [0, 0.05) is 44.2 Å². The van der Waals surface area contributed by atoms with Crippen molar-refractivity contribution in [2.75, 3.05) is 26.2 Å². The first-order chi connectivity index (χ1) is 14.5. The fourth-order valence-electron chi connectivity index (χ4n) is 4.71. The molecule has 0 unspecified atom stereocenters. The molecule has 0 radical (unpaired) electrons. The average molecular weight is 414 g/mol. The normalized spacial score (nSPS) is 18.4. The average Bonchev–Trinajstić information content (AvgIpc) is 3.37. The first-order valence-electron chi connectivity index (χ1n) is 11.1. The molecule has 162 valence electrons. The summed E-state index contributed by atoms with van der Waals surface area (Å²) in [5.74, 6) is 1.38. The van der Waals surface area contributed by atoms with Crippen molar-refractivity contribution in [1.82, 2.24) is 15.1 Å². The maximum atomic E-state index is 13.2. The van der Waals surface area contributed by atoms with Crippen LogP contribution in [0.15, 0.2) is 28.7 Å². The quantitative estimate of drug-likeness (QED) is 0.748. The van der Waals surface area contributed by atoms with Crippen molar-refractivity contribution in [2.45, 2.75) is 58.7 Å². The molecule has 1 aromatic heterocycles. The smallest absolute Gasteiger partial charge is 0.255 e. The van der Waals surface area contributed by atoms with Crippen LogP contribution in [0.2, 0.25) is 0 Å². The first kappa shape index (κ1) is 21.1. The molecule has 2 aromatic rings. The zero-order chi connectivity index (χ0) is 21.1. The fourth-order valence-corrected chi connectivity index (χ4v) is 4.71. The van der Waals surface area contributed by atoms with E-state index < -0.39 is 0 Å². The summed E-state index contributed by atoms with van der Waals surface area (Å²) in [5.41, 5.74) is 2.77. The highest BCUT2D eigenvalue weighted by Gasteiger charge is 2.28. The fraction of sp³-hybridized carbons (Fsp3) is 0.542. The van der Waals surface area contributed by atoms with Crippen molar-refractivity contribution in [1.29, 1.82) is 0 Å². The SMILES string of the molecule is Cc1oc2c(c1C(=O)NCC[C@H](C)N1CCCC1)CN(Cc1ccc(F)cc1)CC2. The molecule has 30 heavy (non-hydrogen) atoms. The Kier molecular flexibility index (Phi) is 6.54. The summed E-state index contributed by atoms with van der Waals surface area (Å²) >= 11 is 0. The van der Waals surface area contributed by atoms with Crippen LogP contribution < -0.4 is 5.32 Å². The highest BCUT2D eigenvalue weighted by atomic mass is 19.1. The van der Waals surface area contributed by atoms with Crippen molar-refractivity contribution < 1.29 is 13.6 Å². The highest BCUT2D eigenvalue weighted by Crippen LogP contribution is 2.29. The number of aryl methyl sites for hydroxylation is 1. The number of carbonyl (C=O) groups is 1. The van der Waals surface area contributed by atoms with Gasteiger partial charge in [-0.3, -0.25) is 9.69 Å². The summed E-state index contributed by atoms with van der Waals surface area (Å²) in [6.07, 6.45) is 4.31. The second-order valence-corrected chi connectivity index (χ2v) is 8.66. The Morgan fingerprint density at radius 2 is 1.93 bits per heavy atom. The lowest BCUT2D eigenvalue weighted by molar-refractivity contribution is 0.0946. The van der Waals surface area contributed by atoms with Crippen molar-refractivity contribution in [3.63, 3.8) is 0 Å². The van der Waals surface area contributed by atoms with E-state index in [0.29, 0.717) is 30.5 Å². The number of amides is 1. The van der Waals surface area contributed by atoms with Crippen LogP contribution in [-0.2, 0) is 19.5 Å². The van der Waals surface area contributed by atoms with Crippen LogP contribution >= 0.6 is 0 Å². The summed E-state index contributed by atoms with van der Waals surface area (Å²) in [7, 11) is 0. The maximum Gasteiger partial charge on any atom is 0.255 e. The minimum Gasteiger partial charge on any atom is -0.465 e. The number of fused-ring (bicyclic) bond motifs is 1.